The van der Waals surface area contributed by atoms with E-state index < -0.39 is 0 Å². The molecule has 3 heteroatoms. The van der Waals surface area contributed by atoms with Gasteiger partial charge < -0.3 is 4.90 Å². The van der Waals surface area contributed by atoms with Crippen LogP contribution in [0, 0.1) is 11.9 Å². The van der Waals surface area contributed by atoms with Crippen molar-refractivity contribution in [1.82, 2.24) is 4.90 Å². The number of benzene rings is 1. The Bertz CT molecular complexity index is 460. The Morgan fingerprint density at radius 2 is 1.94 bits per heavy atom. The van der Waals surface area contributed by atoms with Gasteiger partial charge >= 0.3 is 0 Å². The number of allylic oxidation sites excluding steroid dienone is 3. The Labute approximate surface area is 127 Å². The summed E-state index contributed by atoms with van der Waals surface area (Å²) in [5.74, 6) is -0.224. The van der Waals surface area contributed by atoms with Gasteiger partial charge in [-0.15, -0.1) is 18.2 Å². The summed E-state index contributed by atoms with van der Waals surface area (Å²) in [6.45, 7) is 6.84. The van der Waals surface area contributed by atoms with E-state index in [1.165, 1.54) is 12.1 Å². The summed E-state index contributed by atoms with van der Waals surface area (Å²) in [6, 6.07) is 6.43. The Kier molecular flexibility index (Phi) is 5.29. The van der Waals surface area contributed by atoms with E-state index in [-0.39, 0.29) is 38.5 Å². The Morgan fingerprint density at radius 3 is 2.53 bits per heavy atom. The van der Waals surface area contributed by atoms with Crippen LogP contribution in [0.1, 0.15) is 12.5 Å². The molecule has 0 saturated carbocycles. The normalized spacial score (nSPS) is 14.4. The molecule has 1 heterocycles. The van der Waals surface area contributed by atoms with Gasteiger partial charge in [-0.05, 0) is 24.8 Å². The monoisotopic (exact) mass is 303 g/mol. The molecule has 0 atom stereocenters. The zero-order chi connectivity index (χ0) is 11.5. The fourth-order valence-corrected chi connectivity index (χ4v) is 1.74. The van der Waals surface area contributed by atoms with Crippen LogP contribution in [0.4, 0.5) is 4.39 Å². The molecule has 0 unspecified atom stereocenters. The first kappa shape index (κ1) is 14.3. The predicted molar refractivity (Wildman–Crippen MR) is 63.7 cm³/mol. The average Bonchev–Trinajstić information content (AvgIpc) is 2.30. The Balaban J connectivity index is 0.00000144. The molecule has 1 aliphatic rings. The molecular weight excluding hydrogens is 290 g/mol. The van der Waals surface area contributed by atoms with Gasteiger partial charge in [-0.25, -0.2) is 4.39 Å². The van der Waals surface area contributed by atoms with Gasteiger partial charge in [-0.1, -0.05) is 17.8 Å². The fraction of sp³-hybridized carbons (Fsp3) is 0.143. The van der Waals surface area contributed by atoms with Crippen molar-refractivity contribution in [3.05, 3.63) is 66.2 Å². The first-order chi connectivity index (χ1) is 7.72. The summed E-state index contributed by atoms with van der Waals surface area (Å²) >= 11 is 0. The van der Waals surface area contributed by atoms with E-state index in [4.69, 9.17) is 0 Å². The summed E-state index contributed by atoms with van der Waals surface area (Å²) in [5, 5.41) is 0. The third kappa shape index (κ3) is 3.14. The molecule has 85 valence electrons. The molecule has 0 fully saturated rings. The second kappa shape index (κ2) is 6.27. The van der Waals surface area contributed by atoms with Gasteiger partial charge in [0, 0.05) is 39.3 Å². The molecule has 0 amide bonds. The van der Waals surface area contributed by atoms with Crippen LogP contribution in [0.2, 0.25) is 0 Å². The maximum atomic E-state index is 12.8. The molecule has 1 nitrogen and oxygen atoms in total. The van der Waals surface area contributed by atoms with Crippen LogP contribution in [0.25, 0.3) is 5.70 Å². The van der Waals surface area contributed by atoms with E-state index in [2.05, 4.69) is 19.6 Å². The summed E-state index contributed by atoms with van der Waals surface area (Å²) in [7, 11) is 0. The topological polar surface area (TPSA) is 3.24 Å². The number of likely N-dealkylation sites (N-methyl/N-ethyl adjacent to an activating group) is 1. The van der Waals surface area contributed by atoms with Gasteiger partial charge in [-0.3, -0.25) is 0 Å². The zero-order valence-electron chi connectivity index (χ0n) is 9.78. The summed E-state index contributed by atoms with van der Waals surface area (Å²) in [5.41, 5.74) is 2.82. The van der Waals surface area contributed by atoms with Gasteiger partial charge in [0.25, 0.3) is 0 Å². The summed E-state index contributed by atoms with van der Waals surface area (Å²) in [4.78, 5) is 2.05. The smallest absolute Gasteiger partial charge is 0.121 e. The maximum absolute atomic E-state index is 12.8. The molecule has 0 bridgehead atoms. The minimum Gasteiger partial charge on any atom is -0.376 e. The fourth-order valence-electron chi connectivity index (χ4n) is 1.74. The Hall–Kier alpha value is -0.726. The molecule has 1 aromatic rings. The maximum Gasteiger partial charge on any atom is 0.121 e. The number of hydrogen-bond acceptors (Lipinski definition) is 1. The summed E-state index contributed by atoms with van der Waals surface area (Å²) in [6.07, 6.45) is 6.92. The van der Waals surface area contributed by atoms with E-state index in [9.17, 15) is 4.39 Å². The zero-order valence-corrected chi connectivity index (χ0v) is 12.6. The SMILES string of the molecule is C=C1C=C[C-]=C(c2ccc(F)cc2)N1CC.[Y]. The summed E-state index contributed by atoms with van der Waals surface area (Å²) < 4.78 is 12.8. The van der Waals surface area contributed by atoms with Crippen molar-refractivity contribution >= 4 is 5.70 Å². The largest absolute Gasteiger partial charge is 0.376 e. The van der Waals surface area contributed by atoms with Crippen molar-refractivity contribution in [3.8, 4) is 0 Å². The van der Waals surface area contributed by atoms with Crippen molar-refractivity contribution < 1.29 is 37.1 Å². The molecule has 2 rings (SSSR count). The molecule has 0 aliphatic carbocycles. The molecule has 1 radical (unpaired) electrons. The molecule has 0 N–H and O–H groups in total. The van der Waals surface area contributed by atoms with Crippen LogP contribution in [0.3, 0.4) is 0 Å². The molecule has 0 aromatic heterocycles. The van der Waals surface area contributed by atoms with Crippen molar-refractivity contribution in [2.45, 2.75) is 6.92 Å². The van der Waals surface area contributed by atoms with E-state index in [0.717, 1.165) is 23.5 Å². The van der Waals surface area contributed by atoms with E-state index in [1.54, 1.807) is 12.1 Å². The molecular formula is C14H13FNY-. The van der Waals surface area contributed by atoms with Crippen LogP contribution >= 0.6 is 0 Å². The second-order valence-electron chi connectivity index (χ2n) is 3.57. The van der Waals surface area contributed by atoms with Crippen molar-refractivity contribution in [3.63, 3.8) is 0 Å². The molecule has 0 saturated heterocycles. The molecule has 1 aliphatic heterocycles. The van der Waals surface area contributed by atoms with E-state index >= 15 is 0 Å². The quantitative estimate of drug-likeness (QED) is 0.757. The minimum atomic E-state index is -0.224. The number of rotatable bonds is 2. The van der Waals surface area contributed by atoms with Crippen LogP contribution < -0.4 is 0 Å². The Morgan fingerprint density at radius 1 is 1.29 bits per heavy atom. The second-order valence-corrected chi connectivity index (χ2v) is 3.57. The molecule has 1 aromatic carbocycles. The minimum absolute atomic E-state index is 0. The predicted octanol–water partition coefficient (Wildman–Crippen LogP) is 3.37. The first-order valence-electron chi connectivity index (χ1n) is 5.25. The van der Waals surface area contributed by atoms with Gasteiger partial charge in [0.2, 0.25) is 0 Å². The van der Waals surface area contributed by atoms with Crippen molar-refractivity contribution in [2.75, 3.05) is 6.54 Å². The third-order valence-corrected chi connectivity index (χ3v) is 2.55. The number of hydrogen-bond donors (Lipinski definition) is 0. The van der Waals surface area contributed by atoms with Crippen LogP contribution in [-0.2, 0) is 32.7 Å². The van der Waals surface area contributed by atoms with Gasteiger partial charge in [-0.2, -0.15) is 12.2 Å². The first-order valence-corrected chi connectivity index (χ1v) is 5.25. The van der Waals surface area contributed by atoms with Crippen LogP contribution in [0.5, 0.6) is 0 Å². The van der Waals surface area contributed by atoms with E-state index in [0.29, 0.717) is 0 Å². The number of nitrogens with zero attached hydrogens (tertiary/aromatic N) is 1. The molecule has 0 spiro atoms. The van der Waals surface area contributed by atoms with Crippen molar-refractivity contribution in [1.29, 1.82) is 0 Å². The van der Waals surface area contributed by atoms with Gasteiger partial charge in [0.05, 0.1) is 0 Å². The standard InChI is InChI=1S/C14H13FN.Y/c1-3-16-11(2)5-4-6-14(16)12-7-9-13(15)10-8-12;/h4-5,7-10H,2-3H2,1H3;/q-1;. The average molecular weight is 303 g/mol. The van der Waals surface area contributed by atoms with Crippen LogP contribution in [0.15, 0.2) is 48.7 Å². The number of halogens is 1. The van der Waals surface area contributed by atoms with Crippen LogP contribution in [-0.4, -0.2) is 11.4 Å². The third-order valence-electron chi connectivity index (χ3n) is 2.55. The van der Waals surface area contributed by atoms with Gasteiger partial charge in [0.15, 0.2) is 0 Å². The van der Waals surface area contributed by atoms with E-state index in [1.807, 2.05) is 17.1 Å². The molecule has 17 heavy (non-hydrogen) atoms. The van der Waals surface area contributed by atoms with Crippen molar-refractivity contribution in [2.24, 2.45) is 0 Å². The van der Waals surface area contributed by atoms with Gasteiger partial charge in [0.1, 0.15) is 5.82 Å².